The zero-order valence-electron chi connectivity index (χ0n) is 14.5. The molecule has 0 atom stereocenters. The SMILES string of the molecule is CCc1ccc(NC(=O)Cc2ccc(OC)cc2)cc1NC(=O)CN. The Morgan fingerprint density at radius 1 is 1.04 bits per heavy atom. The van der Waals surface area contributed by atoms with Gasteiger partial charge in [-0.25, -0.2) is 0 Å². The number of nitrogens with one attached hydrogen (secondary N) is 2. The lowest BCUT2D eigenvalue weighted by Gasteiger charge is -2.12. The third-order valence-corrected chi connectivity index (χ3v) is 3.76. The number of methoxy groups -OCH3 is 1. The second kappa shape index (κ2) is 8.84. The lowest BCUT2D eigenvalue weighted by atomic mass is 10.1. The first-order chi connectivity index (χ1) is 12.0. The van der Waals surface area contributed by atoms with Crippen molar-refractivity contribution in [1.82, 2.24) is 0 Å². The molecule has 2 aromatic rings. The Morgan fingerprint density at radius 3 is 2.36 bits per heavy atom. The highest BCUT2D eigenvalue weighted by molar-refractivity contribution is 5.96. The summed E-state index contributed by atoms with van der Waals surface area (Å²) in [5, 5.41) is 5.61. The monoisotopic (exact) mass is 341 g/mol. The van der Waals surface area contributed by atoms with Crippen molar-refractivity contribution in [2.75, 3.05) is 24.3 Å². The third-order valence-electron chi connectivity index (χ3n) is 3.76. The number of carbonyl (C=O) groups is 2. The van der Waals surface area contributed by atoms with Crippen molar-refractivity contribution in [3.8, 4) is 5.75 Å². The van der Waals surface area contributed by atoms with Gasteiger partial charge in [-0.1, -0.05) is 25.1 Å². The highest BCUT2D eigenvalue weighted by Crippen LogP contribution is 2.22. The maximum absolute atomic E-state index is 12.2. The highest BCUT2D eigenvalue weighted by atomic mass is 16.5. The quantitative estimate of drug-likeness (QED) is 0.720. The van der Waals surface area contributed by atoms with Crippen LogP contribution in [-0.2, 0) is 22.4 Å². The van der Waals surface area contributed by atoms with Crippen molar-refractivity contribution in [1.29, 1.82) is 0 Å². The normalized spacial score (nSPS) is 10.2. The van der Waals surface area contributed by atoms with Crippen molar-refractivity contribution < 1.29 is 14.3 Å². The van der Waals surface area contributed by atoms with E-state index in [0.29, 0.717) is 11.4 Å². The van der Waals surface area contributed by atoms with Gasteiger partial charge in [-0.2, -0.15) is 0 Å². The molecule has 0 aliphatic carbocycles. The number of amides is 2. The molecule has 0 heterocycles. The zero-order valence-corrected chi connectivity index (χ0v) is 14.5. The molecule has 0 aromatic heterocycles. The van der Waals surface area contributed by atoms with E-state index in [1.807, 2.05) is 43.3 Å². The molecule has 0 spiro atoms. The first-order valence-electron chi connectivity index (χ1n) is 8.11. The molecule has 0 saturated carbocycles. The smallest absolute Gasteiger partial charge is 0.238 e. The van der Waals surface area contributed by atoms with E-state index in [4.69, 9.17) is 10.5 Å². The molecule has 0 unspecified atom stereocenters. The molecule has 2 rings (SSSR count). The van der Waals surface area contributed by atoms with Gasteiger partial charge in [-0.15, -0.1) is 0 Å². The molecule has 132 valence electrons. The number of carbonyl (C=O) groups excluding carboxylic acids is 2. The fraction of sp³-hybridized carbons (Fsp3) is 0.263. The molecule has 0 radical (unpaired) electrons. The minimum atomic E-state index is -0.267. The van der Waals surface area contributed by atoms with Crippen molar-refractivity contribution in [2.24, 2.45) is 5.73 Å². The summed E-state index contributed by atoms with van der Waals surface area (Å²) in [4.78, 5) is 23.8. The summed E-state index contributed by atoms with van der Waals surface area (Å²) in [6.07, 6.45) is 1.02. The second-order valence-electron chi connectivity index (χ2n) is 5.55. The Labute approximate surface area is 147 Å². The fourth-order valence-electron chi connectivity index (χ4n) is 2.41. The number of rotatable bonds is 7. The molecule has 0 saturated heterocycles. The number of nitrogens with two attached hydrogens (primary N) is 1. The van der Waals surface area contributed by atoms with Crippen LogP contribution in [0.15, 0.2) is 42.5 Å². The van der Waals surface area contributed by atoms with Crippen LogP contribution in [0.4, 0.5) is 11.4 Å². The number of ether oxygens (including phenoxy) is 1. The van der Waals surface area contributed by atoms with Crippen LogP contribution in [0.3, 0.4) is 0 Å². The summed E-state index contributed by atoms with van der Waals surface area (Å²) < 4.78 is 5.10. The van der Waals surface area contributed by atoms with Crippen molar-refractivity contribution in [3.63, 3.8) is 0 Å². The molecule has 4 N–H and O–H groups in total. The maximum atomic E-state index is 12.2. The van der Waals surface area contributed by atoms with Crippen molar-refractivity contribution in [2.45, 2.75) is 19.8 Å². The van der Waals surface area contributed by atoms with Gasteiger partial charge >= 0.3 is 0 Å². The Kier molecular flexibility index (Phi) is 6.54. The number of anilines is 2. The van der Waals surface area contributed by atoms with Gasteiger partial charge in [0.2, 0.25) is 11.8 Å². The van der Waals surface area contributed by atoms with Gasteiger partial charge in [0.05, 0.1) is 20.1 Å². The van der Waals surface area contributed by atoms with Crippen LogP contribution in [0, 0.1) is 0 Å². The van der Waals surface area contributed by atoms with Gasteiger partial charge in [0.1, 0.15) is 5.75 Å². The van der Waals surface area contributed by atoms with E-state index in [9.17, 15) is 9.59 Å². The van der Waals surface area contributed by atoms with Crippen LogP contribution >= 0.6 is 0 Å². The predicted molar refractivity (Wildman–Crippen MR) is 98.8 cm³/mol. The molecule has 2 aromatic carbocycles. The first-order valence-corrected chi connectivity index (χ1v) is 8.11. The number of hydrogen-bond acceptors (Lipinski definition) is 4. The summed E-state index contributed by atoms with van der Waals surface area (Å²) in [6.45, 7) is 1.91. The maximum Gasteiger partial charge on any atom is 0.238 e. The summed E-state index contributed by atoms with van der Waals surface area (Å²) in [6, 6.07) is 12.8. The van der Waals surface area contributed by atoms with Crippen LogP contribution in [0.5, 0.6) is 5.75 Å². The second-order valence-corrected chi connectivity index (χ2v) is 5.55. The summed E-state index contributed by atoms with van der Waals surface area (Å²) in [7, 11) is 1.60. The van der Waals surface area contributed by atoms with Gasteiger partial charge in [-0.05, 0) is 41.8 Å². The van der Waals surface area contributed by atoms with Gasteiger partial charge in [0, 0.05) is 11.4 Å². The molecule has 0 bridgehead atoms. The fourth-order valence-corrected chi connectivity index (χ4v) is 2.41. The number of benzene rings is 2. The molecule has 6 heteroatoms. The molecular formula is C19H23N3O3. The van der Waals surface area contributed by atoms with Crippen LogP contribution in [0.25, 0.3) is 0 Å². The Bertz CT molecular complexity index is 742. The summed E-state index contributed by atoms with van der Waals surface area (Å²) >= 11 is 0. The molecule has 25 heavy (non-hydrogen) atoms. The van der Waals surface area contributed by atoms with E-state index >= 15 is 0 Å². The molecule has 0 aliphatic heterocycles. The highest BCUT2D eigenvalue weighted by Gasteiger charge is 2.09. The molecule has 2 amide bonds. The topological polar surface area (TPSA) is 93.5 Å². The van der Waals surface area contributed by atoms with Gasteiger partial charge in [0.15, 0.2) is 0 Å². The summed E-state index contributed by atoms with van der Waals surface area (Å²) in [5.41, 5.74) is 8.51. The van der Waals surface area contributed by atoms with Crippen molar-refractivity contribution >= 4 is 23.2 Å². The van der Waals surface area contributed by atoms with E-state index < -0.39 is 0 Å². The Morgan fingerprint density at radius 2 is 1.76 bits per heavy atom. The van der Waals surface area contributed by atoms with Crippen LogP contribution in [-0.4, -0.2) is 25.5 Å². The first kappa shape index (κ1) is 18.5. The minimum Gasteiger partial charge on any atom is -0.497 e. The Hall–Kier alpha value is -2.86. The molecule has 6 nitrogen and oxygen atoms in total. The molecular weight excluding hydrogens is 318 g/mol. The van der Waals surface area contributed by atoms with E-state index in [-0.39, 0.29) is 24.8 Å². The molecule has 0 fully saturated rings. The van der Waals surface area contributed by atoms with E-state index in [2.05, 4.69) is 10.6 Å². The lowest BCUT2D eigenvalue weighted by Crippen LogP contribution is -2.22. The molecule has 0 aliphatic rings. The predicted octanol–water partition coefficient (Wildman–Crippen LogP) is 2.34. The number of hydrogen-bond donors (Lipinski definition) is 3. The van der Waals surface area contributed by atoms with Crippen LogP contribution < -0.4 is 21.1 Å². The van der Waals surface area contributed by atoms with Crippen molar-refractivity contribution in [3.05, 3.63) is 53.6 Å². The van der Waals surface area contributed by atoms with Crippen LogP contribution in [0.1, 0.15) is 18.1 Å². The largest absolute Gasteiger partial charge is 0.497 e. The van der Waals surface area contributed by atoms with E-state index in [1.54, 1.807) is 13.2 Å². The van der Waals surface area contributed by atoms with E-state index in [1.165, 1.54) is 0 Å². The van der Waals surface area contributed by atoms with Gasteiger partial charge in [-0.3, -0.25) is 9.59 Å². The van der Waals surface area contributed by atoms with Crippen LogP contribution in [0.2, 0.25) is 0 Å². The minimum absolute atomic E-state index is 0.0861. The summed E-state index contributed by atoms with van der Waals surface area (Å²) in [5.74, 6) is 0.349. The third kappa shape index (κ3) is 5.32. The number of aryl methyl sites for hydroxylation is 1. The van der Waals surface area contributed by atoms with E-state index in [0.717, 1.165) is 23.3 Å². The van der Waals surface area contributed by atoms with Gasteiger partial charge < -0.3 is 21.1 Å². The van der Waals surface area contributed by atoms with Gasteiger partial charge in [0.25, 0.3) is 0 Å². The zero-order chi connectivity index (χ0) is 18.2. The average molecular weight is 341 g/mol. The lowest BCUT2D eigenvalue weighted by molar-refractivity contribution is -0.116. The Balaban J connectivity index is 2.06. The average Bonchev–Trinajstić information content (AvgIpc) is 2.62. The standard InChI is InChI=1S/C19H23N3O3/c1-3-14-6-7-15(11-17(14)22-19(24)12-20)21-18(23)10-13-4-8-16(25-2)9-5-13/h4-9,11H,3,10,12,20H2,1-2H3,(H,21,23)(H,22,24).